The molecule has 2 heteroatoms. The lowest BCUT2D eigenvalue weighted by atomic mass is 10.7. The third kappa shape index (κ3) is 3.03. The highest BCUT2D eigenvalue weighted by Crippen LogP contribution is 1.63. The van der Waals surface area contributed by atoms with Crippen LogP contribution in [0.2, 0.25) is 0 Å². The highest BCUT2D eigenvalue weighted by atomic mass is 16.5. The van der Waals surface area contributed by atoms with Gasteiger partial charge in [0.15, 0.2) is 12.8 Å². The van der Waals surface area contributed by atoms with Crippen molar-refractivity contribution in [3.8, 4) is 0 Å². The zero-order valence-electron chi connectivity index (χ0n) is 4.42. The normalized spacial score (nSPS) is 11.3. The summed E-state index contributed by atoms with van der Waals surface area (Å²) in [7, 11) is 0. The van der Waals surface area contributed by atoms with Crippen molar-refractivity contribution in [2.75, 3.05) is 6.54 Å². The van der Waals surface area contributed by atoms with Gasteiger partial charge >= 0.3 is 0 Å². The molecule has 0 spiro atoms. The van der Waals surface area contributed by atoms with Crippen LogP contribution >= 0.6 is 0 Å². The van der Waals surface area contributed by atoms with Crippen molar-refractivity contribution >= 4 is 6.21 Å². The average molecular weight is 99.1 g/mol. The van der Waals surface area contributed by atoms with Gasteiger partial charge in [-0.25, -0.2) is 4.74 Å². The quantitative estimate of drug-likeness (QED) is 0.217. The molecule has 0 aromatic carbocycles. The molecule has 0 aliphatic carbocycles. The number of nitrogens with zero attached hydrogens (tertiary/aromatic N) is 1. The van der Waals surface area contributed by atoms with Crippen molar-refractivity contribution in [1.29, 1.82) is 0 Å². The summed E-state index contributed by atoms with van der Waals surface area (Å²) in [6.45, 7) is 5.63. The number of hydroxylamine groups is 1. The van der Waals surface area contributed by atoms with Crippen LogP contribution in [0, 0.1) is 5.21 Å². The number of hydrogen-bond acceptors (Lipinski definition) is 1. The first kappa shape index (κ1) is 6.21. The van der Waals surface area contributed by atoms with E-state index in [0.29, 0.717) is 6.54 Å². The Morgan fingerprint density at radius 1 is 1.86 bits per heavy atom. The lowest BCUT2D eigenvalue weighted by Gasteiger charge is -1.94. The first-order valence-electron chi connectivity index (χ1n) is 2.21. The van der Waals surface area contributed by atoms with Gasteiger partial charge in [0.2, 0.25) is 0 Å². The molecular weight excluding hydrogens is 90.1 g/mol. The fraction of sp³-hybridized carbons (Fsp3) is 0.400. The third-order valence-corrected chi connectivity index (χ3v) is 0.583. The molecule has 0 saturated heterocycles. The molecule has 0 rings (SSSR count). The van der Waals surface area contributed by atoms with Crippen molar-refractivity contribution in [2.45, 2.75) is 6.92 Å². The molecule has 0 radical (unpaired) electrons. The summed E-state index contributed by atoms with van der Waals surface area (Å²) in [6, 6.07) is 0. The van der Waals surface area contributed by atoms with E-state index in [1.165, 1.54) is 12.3 Å². The van der Waals surface area contributed by atoms with Crippen LogP contribution in [-0.4, -0.2) is 17.5 Å². The van der Waals surface area contributed by atoms with E-state index in [1.807, 2.05) is 0 Å². The van der Waals surface area contributed by atoms with E-state index in [-0.39, 0.29) is 0 Å². The second kappa shape index (κ2) is 3.40. The number of allylic oxidation sites excluding steroid dienone is 1. The monoisotopic (exact) mass is 99.1 g/mol. The van der Waals surface area contributed by atoms with Gasteiger partial charge < -0.3 is 5.21 Å². The van der Waals surface area contributed by atoms with Crippen LogP contribution in [0.3, 0.4) is 0 Å². The Labute approximate surface area is 43.4 Å². The van der Waals surface area contributed by atoms with Gasteiger partial charge in [-0.05, 0) is 13.0 Å². The van der Waals surface area contributed by atoms with Crippen LogP contribution in [0.4, 0.5) is 0 Å². The van der Waals surface area contributed by atoms with Crippen LogP contribution in [-0.2, 0) is 0 Å². The van der Waals surface area contributed by atoms with Crippen LogP contribution in [0.15, 0.2) is 12.7 Å². The minimum atomic E-state index is 0.492. The Balaban J connectivity index is 3.49. The van der Waals surface area contributed by atoms with Crippen LogP contribution < -0.4 is 0 Å². The van der Waals surface area contributed by atoms with E-state index in [2.05, 4.69) is 6.58 Å². The van der Waals surface area contributed by atoms with Crippen molar-refractivity contribution in [1.82, 2.24) is 0 Å². The average Bonchev–Trinajstić information content (AvgIpc) is 1.68. The first-order chi connectivity index (χ1) is 3.31. The van der Waals surface area contributed by atoms with Gasteiger partial charge in [-0.2, -0.15) is 0 Å². The maximum atomic E-state index is 10.2. The largest absolute Gasteiger partial charge is 0.624 e. The minimum absolute atomic E-state index is 0.492. The summed E-state index contributed by atoms with van der Waals surface area (Å²) >= 11 is 0. The highest BCUT2D eigenvalue weighted by Gasteiger charge is 1.75. The summed E-state index contributed by atoms with van der Waals surface area (Å²) in [4.78, 5) is 0. The highest BCUT2D eigenvalue weighted by molar-refractivity contribution is 5.64. The van der Waals surface area contributed by atoms with Gasteiger partial charge in [-0.1, -0.05) is 6.58 Å². The molecule has 0 amide bonds. The minimum Gasteiger partial charge on any atom is -0.624 e. The molecular formula is C5H9NO. The fourth-order valence-corrected chi connectivity index (χ4v) is 0.223. The van der Waals surface area contributed by atoms with E-state index in [4.69, 9.17) is 0 Å². The van der Waals surface area contributed by atoms with Gasteiger partial charge in [0, 0.05) is 0 Å². The lowest BCUT2D eigenvalue weighted by molar-refractivity contribution is -0.447. The SMILES string of the molecule is C=C/C=[N+](/[O-])CC. The Hall–Kier alpha value is -0.790. The summed E-state index contributed by atoms with van der Waals surface area (Å²) in [5.74, 6) is 0. The van der Waals surface area contributed by atoms with Gasteiger partial charge in [0.1, 0.15) is 0 Å². The summed E-state index contributed by atoms with van der Waals surface area (Å²) in [6.07, 6.45) is 2.86. The van der Waals surface area contributed by atoms with E-state index in [9.17, 15) is 5.21 Å². The molecule has 0 bridgehead atoms. The zero-order valence-corrected chi connectivity index (χ0v) is 4.42. The second-order valence-corrected chi connectivity index (χ2v) is 1.12. The second-order valence-electron chi connectivity index (χ2n) is 1.12. The Kier molecular flexibility index (Phi) is 3.02. The van der Waals surface area contributed by atoms with Crippen molar-refractivity contribution in [3.63, 3.8) is 0 Å². The fourth-order valence-electron chi connectivity index (χ4n) is 0.223. The topological polar surface area (TPSA) is 26.1 Å². The molecule has 0 unspecified atom stereocenters. The van der Waals surface area contributed by atoms with Crippen molar-refractivity contribution in [2.24, 2.45) is 0 Å². The number of rotatable bonds is 2. The van der Waals surface area contributed by atoms with Gasteiger partial charge in [-0.15, -0.1) is 0 Å². The van der Waals surface area contributed by atoms with Gasteiger partial charge in [0.25, 0.3) is 0 Å². The van der Waals surface area contributed by atoms with E-state index in [0.717, 1.165) is 4.74 Å². The molecule has 0 aliphatic rings. The van der Waals surface area contributed by atoms with E-state index < -0.39 is 0 Å². The lowest BCUT2D eigenvalue weighted by Crippen LogP contribution is -2.00. The molecule has 2 nitrogen and oxygen atoms in total. The van der Waals surface area contributed by atoms with E-state index in [1.54, 1.807) is 6.92 Å². The Bertz CT molecular complexity index is 86.1. The van der Waals surface area contributed by atoms with E-state index >= 15 is 0 Å². The third-order valence-electron chi connectivity index (χ3n) is 0.583. The summed E-state index contributed by atoms with van der Waals surface area (Å²) in [5.41, 5.74) is 0. The van der Waals surface area contributed by atoms with Gasteiger partial charge in [-0.3, -0.25) is 0 Å². The number of hydrogen-bond donors (Lipinski definition) is 0. The maximum absolute atomic E-state index is 10.2. The molecule has 0 aromatic rings. The standard InChI is InChI=1S/C5H9NO/c1-3-5-6(7)4-2/h3,5H,1,4H2,2H3/b6-5+. The van der Waals surface area contributed by atoms with Gasteiger partial charge in [0.05, 0.1) is 0 Å². The predicted octanol–water partition coefficient (Wildman–Crippen LogP) is 0.773. The summed E-state index contributed by atoms with van der Waals surface area (Å²) in [5, 5.41) is 10.2. The van der Waals surface area contributed by atoms with Crippen LogP contribution in [0.1, 0.15) is 6.92 Å². The molecule has 0 N–H and O–H groups in total. The van der Waals surface area contributed by atoms with Crippen molar-refractivity contribution in [3.05, 3.63) is 17.9 Å². The smallest absolute Gasteiger partial charge is 0.173 e. The predicted molar refractivity (Wildman–Crippen MR) is 30.4 cm³/mol. The molecule has 40 valence electrons. The Morgan fingerprint density at radius 2 is 2.43 bits per heavy atom. The molecule has 0 fully saturated rings. The molecule has 0 heterocycles. The first-order valence-corrected chi connectivity index (χ1v) is 2.21. The molecule has 0 saturated carbocycles. The molecule has 0 atom stereocenters. The van der Waals surface area contributed by atoms with Crippen LogP contribution in [0.5, 0.6) is 0 Å². The Morgan fingerprint density at radius 3 is 2.57 bits per heavy atom. The molecule has 0 aromatic heterocycles. The maximum Gasteiger partial charge on any atom is 0.173 e. The van der Waals surface area contributed by atoms with Crippen molar-refractivity contribution < 1.29 is 4.74 Å². The molecule has 7 heavy (non-hydrogen) atoms. The van der Waals surface area contributed by atoms with Crippen LogP contribution in [0.25, 0.3) is 0 Å². The summed E-state index contributed by atoms with van der Waals surface area (Å²) < 4.78 is 0.812. The zero-order chi connectivity index (χ0) is 5.70. The molecule has 0 aliphatic heterocycles.